The summed E-state index contributed by atoms with van der Waals surface area (Å²) in [7, 11) is 12.7. The van der Waals surface area contributed by atoms with Crippen molar-refractivity contribution in [1.29, 1.82) is 0 Å². The van der Waals surface area contributed by atoms with Gasteiger partial charge in [0.15, 0.2) is 0 Å². The maximum absolute atomic E-state index is 2.31. The standard InChI is InChI=1S/C18H32S11/c1-2-5-24-29-18-17(28-18)27-14(4-8-23-26-13-16-11-21-16)9-19-6-3-7-22-25-12-15-10-20-15/h14-18H,2-13H2,1H3. The Morgan fingerprint density at radius 3 is 2.24 bits per heavy atom. The van der Waals surface area contributed by atoms with Crippen molar-refractivity contribution in [1.82, 2.24) is 0 Å². The number of rotatable bonds is 21. The number of hydrogen-bond donors (Lipinski definition) is 0. The molecular weight excluding hydrogens is 569 g/mol. The zero-order chi connectivity index (χ0) is 20.2. The van der Waals surface area contributed by atoms with Crippen molar-refractivity contribution in [3.8, 4) is 0 Å². The lowest BCUT2D eigenvalue weighted by Gasteiger charge is -2.15. The minimum Gasteiger partial charge on any atom is -0.161 e. The summed E-state index contributed by atoms with van der Waals surface area (Å²) in [5.74, 6) is 12.3. The normalized spacial score (nSPS) is 28.4. The fourth-order valence-corrected chi connectivity index (χ4v) is 17.9. The fourth-order valence-electron chi connectivity index (χ4n) is 2.14. The van der Waals surface area contributed by atoms with Crippen LogP contribution in [0.4, 0.5) is 0 Å². The summed E-state index contributed by atoms with van der Waals surface area (Å²) in [5, 5.41) is 2.83. The zero-order valence-corrected chi connectivity index (χ0v) is 25.8. The van der Waals surface area contributed by atoms with E-state index in [9.17, 15) is 0 Å². The molecular formula is C18H32S11. The Labute approximate surface area is 223 Å². The van der Waals surface area contributed by atoms with Crippen LogP contribution in [0.2, 0.25) is 0 Å². The molecule has 0 aromatic rings. The molecule has 0 spiro atoms. The number of hydrogen-bond acceptors (Lipinski definition) is 11. The van der Waals surface area contributed by atoms with Gasteiger partial charge >= 0.3 is 0 Å². The molecule has 3 fully saturated rings. The Hall–Kier alpha value is 3.85. The lowest BCUT2D eigenvalue weighted by molar-refractivity contribution is 0.928. The highest BCUT2D eigenvalue weighted by molar-refractivity contribution is 8.79. The summed E-state index contributed by atoms with van der Waals surface area (Å²) in [6, 6.07) is 0. The molecule has 0 nitrogen and oxygen atoms in total. The van der Waals surface area contributed by atoms with E-state index < -0.39 is 0 Å². The molecule has 5 unspecified atom stereocenters. The van der Waals surface area contributed by atoms with E-state index in [0.717, 1.165) is 24.9 Å². The highest BCUT2D eigenvalue weighted by Crippen LogP contribution is 2.59. The Kier molecular flexibility index (Phi) is 16.4. The lowest BCUT2D eigenvalue weighted by atomic mass is 10.4. The van der Waals surface area contributed by atoms with E-state index in [1.54, 1.807) is 0 Å². The van der Waals surface area contributed by atoms with Crippen LogP contribution in [0.25, 0.3) is 0 Å². The van der Waals surface area contributed by atoms with E-state index in [-0.39, 0.29) is 0 Å². The Balaban J connectivity index is 1.21. The summed E-state index contributed by atoms with van der Waals surface area (Å²) in [6.07, 6.45) is 4.08. The van der Waals surface area contributed by atoms with E-state index >= 15 is 0 Å². The Morgan fingerprint density at radius 1 is 0.828 bits per heavy atom. The summed E-state index contributed by atoms with van der Waals surface area (Å²) in [4.78, 5) is 0. The predicted octanol–water partition coefficient (Wildman–Crippen LogP) is 8.79. The van der Waals surface area contributed by atoms with Gasteiger partial charge in [0.25, 0.3) is 0 Å². The van der Waals surface area contributed by atoms with Gasteiger partial charge in [0.1, 0.15) is 0 Å². The average Bonchev–Trinajstić information content (AvgIpc) is 3.57. The van der Waals surface area contributed by atoms with Crippen LogP contribution in [0.5, 0.6) is 0 Å². The van der Waals surface area contributed by atoms with Crippen molar-refractivity contribution >= 4 is 124 Å². The van der Waals surface area contributed by atoms with Crippen molar-refractivity contribution in [2.45, 2.75) is 51.1 Å². The molecule has 3 saturated heterocycles. The maximum atomic E-state index is 2.31. The average molecular weight is 601 g/mol. The minimum atomic E-state index is 0.857. The Morgan fingerprint density at radius 2 is 1.55 bits per heavy atom. The summed E-state index contributed by atoms with van der Waals surface area (Å²) in [5.41, 5.74) is 0. The predicted molar refractivity (Wildman–Crippen MR) is 166 cm³/mol. The molecule has 3 heterocycles. The van der Waals surface area contributed by atoms with Crippen LogP contribution in [0.1, 0.15) is 26.2 Å². The van der Waals surface area contributed by atoms with Gasteiger partial charge in [-0.3, -0.25) is 0 Å². The topological polar surface area (TPSA) is 0 Å². The van der Waals surface area contributed by atoms with Crippen molar-refractivity contribution in [2.24, 2.45) is 0 Å². The van der Waals surface area contributed by atoms with Gasteiger partial charge in [-0.1, -0.05) is 71.7 Å². The van der Waals surface area contributed by atoms with E-state index in [1.165, 1.54) is 71.0 Å². The van der Waals surface area contributed by atoms with Crippen molar-refractivity contribution in [3.05, 3.63) is 0 Å². The summed E-state index contributed by atoms with van der Waals surface area (Å²) in [6.45, 7) is 2.29. The second-order valence-electron chi connectivity index (χ2n) is 6.89. The highest BCUT2D eigenvalue weighted by atomic mass is 33.1. The fraction of sp³-hybridized carbons (Fsp3) is 1.00. The van der Waals surface area contributed by atoms with Crippen LogP contribution < -0.4 is 0 Å². The lowest BCUT2D eigenvalue weighted by Crippen LogP contribution is -2.10. The maximum Gasteiger partial charge on any atom is 0.0828 e. The van der Waals surface area contributed by atoms with Crippen LogP contribution in [0.15, 0.2) is 0 Å². The molecule has 11 heteroatoms. The molecule has 0 radical (unpaired) electrons. The van der Waals surface area contributed by atoms with Gasteiger partial charge in [-0.25, -0.2) is 0 Å². The zero-order valence-electron chi connectivity index (χ0n) is 16.9. The molecule has 29 heavy (non-hydrogen) atoms. The molecule has 0 amide bonds. The first kappa shape index (κ1) is 27.4. The SMILES string of the molecule is CCCSSC1SC1SC(CCSSCC1CS1)CSCCCSSCC1CS1. The van der Waals surface area contributed by atoms with Gasteiger partial charge < -0.3 is 0 Å². The molecule has 0 saturated carbocycles. The minimum absolute atomic E-state index is 0.857. The number of thioether (sulfide) groups is 5. The monoisotopic (exact) mass is 600 g/mol. The third-order valence-electron chi connectivity index (χ3n) is 4.01. The Bertz CT molecular complexity index is 419. The molecule has 5 atom stereocenters. The van der Waals surface area contributed by atoms with Gasteiger partial charge in [0, 0.05) is 61.8 Å². The molecule has 0 N–H and O–H groups in total. The van der Waals surface area contributed by atoms with Gasteiger partial charge in [0.05, 0.1) is 9.16 Å². The van der Waals surface area contributed by atoms with E-state index in [1.807, 2.05) is 0 Å². The van der Waals surface area contributed by atoms with Gasteiger partial charge in [-0.2, -0.15) is 35.3 Å². The third-order valence-corrected chi connectivity index (χ3v) is 19.9. The van der Waals surface area contributed by atoms with Crippen LogP contribution >= 0.6 is 124 Å². The van der Waals surface area contributed by atoms with Gasteiger partial charge in [0.2, 0.25) is 0 Å². The molecule has 0 aliphatic carbocycles. The molecule has 0 bridgehead atoms. The second-order valence-corrected chi connectivity index (χ2v) is 21.9. The largest absolute Gasteiger partial charge is 0.161 e. The summed E-state index contributed by atoms with van der Waals surface area (Å²) >= 11 is 11.0. The third kappa shape index (κ3) is 14.8. The molecule has 3 aliphatic rings. The molecule has 0 aromatic carbocycles. The quantitative estimate of drug-likeness (QED) is 0.0705. The van der Waals surface area contributed by atoms with Crippen molar-refractivity contribution in [3.63, 3.8) is 0 Å². The smallest absolute Gasteiger partial charge is 0.0828 e. The molecule has 0 aromatic heterocycles. The molecule has 3 aliphatic heterocycles. The van der Waals surface area contributed by atoms with Crippen LogP contribution in [0.3, 0.4) is 0 Å². The van der Waals surface area contributed by atoms with E-state index in [0.29, 0.717) is 0 Å². The summed E-state index contributed by atoms with van der Waals surface area (Å²) < 4.78 is 1.72. The van der Waals surface area contributed by atoms with Crippen LogP contribution in [-0.4, -0.2) is 76.7 Å². The van der Waals surface area contributed by atoms with Crippen molar-refractivity contribution < 1.29 is 0 Å². The molecule has 170 valence electrons. The first-order valence-corrected chi connectivity index (χ1v) is 22.7. The first-order valence-electron chi connectivity index (χ1n) is 10.2. The molecule has 3 rings (SSSR count). The van der Waals surface area contributed by atoms with Crippen LogP contribution in [0, 0.1) is 0 Å². The van der Waals surface area contributed by atoms with Crippen LogP contribution in [-0.2, 0) is 0 Å². The van der Waals surface area contributed by atoms with E-state index in [4.69, 9.17) is 0 Å². The van der Waals surface area contributed by atoms with E-state index in [2.05, 4.69) is 130 Å². The van der Waals surface area contributed by atoms with Gasteiger partial charge in [-0.15, -0.1) is 23.5 Å². The second kappa shape index (κ2) is 17.3. The van der Waals surface area contributed by atoms with Crippen molar-refractivity contribution in [2.75, 3.05) is 51.8 Å². The highest BCUT2D eigenvalue weighted by Gasteiger charge is 2.41. The first-order chi connectivity index (χ1) is 14.3. The van der Waals surface area contributed by atoms with Gasteiger partial charge in [-0.05, 0) is 25.0 Å².